The number of methoxy groups -OCH3 is 1. The van der Waals surface area contributed by atoms with E-state index in [0.717, 1.165) is 22.6 Å². The average molecular weight is 177 g/mol. The van der Waals surface area contributed by atoms with Crippen LogP contribution in [0.25, 0.3) is 11.2 Å². The van der Waals surface area contributed by atoms with Crippen molar-refractivity contribution >= 4 is 11.2 Å². The summed E-state index contributed by atoms with van der Waals surface area (Å²) in [7, 11) is 1.65. The van der Waals surface area contributed by atoms with Crippen molar-refractivity contribution in [3.05, 3.63) is 23.7 Å². The van der Waals surface area contributed by atoms with Crippen LogP contribution in [-0.2, 0) is 11.3 Å². The van der Waals surface area contributed by atoms with Gasteiger partial charge in [0.05, 0.1) is 5.52 Å². The maximum Gasteiger partial charge on any atom is 0.178 e. The summed E-state index contributed by atoms with van der Waals surface area (Å²) in [5.41, 5.74) is 2.90. The van der Waals surface area contributed by atoms with E-state index in [1.54, 1.807) is 13.3 Å². The molecule has 2 aromatic rings. The molecule has 0 saturated carbocycles. The number of hydrogen-bond acceptors (Lipinski definition) is 3. The first-order chi connectivity index (χ1) is 6.31. The molecule has 0 bridgehead atoms. The van der Waals surface area contributed by atoms with Crippen molar-refractivity contribution in [2.24, 2.45) is 0 Å². The molecule has 0 atom stereocenters. The average Bonchev–Trinajstić information content (AvgIpc) is 2.49. The number of nitrogens with one attached hydrogen (secondary N) is 1. The van der Waals surface area contributed by atoms with Gasteiger partial charge in [-0.3, -0.25) is 0 Å². The molecule has 1 N–H and O–H groups in total. The van der Waals surface area contributed by atoms with Gasteiger partial charge in [0.1, 0.15) is 12.4 Å². The Hall–Kier alpha value is -1.42. The number of rotatable bonds is 2. The van der Waals surface area contributed by atoms with E-state index in [2.05, 4.69) is 15.0 Å². The van der Waals surface area contributed by atoms with Crippen molar-refractivity contribution in [3.8, 4) is 0 Å². The van der Waals surface area contributed by atoms with Crippen molar-refractivity contribution < 1.29 is 4.74 Å². The zero-order chi connectivity index (χ0) is 9.26. The number of aryl methyl sites for hydroxylation is 1. The molecule has 68 valence electrons. The Morgan fingerprint density at radius 2 is 2.38 bits per heavy atom. The Morgan fingerprint density at radius 1 is 1.54 bits per heavy atom. The number of imidazole rings is 1. The third-order valence-electron chi connectivity index (χ3n) is 1.93. The number of H-pyrrole nitrogens is 1. The predicted molar refractivity (Wildman–Crippen MR) is 49.3 cm³/mol. The fourth-order valence-electron chi connectivity index (χ4n) is 1.29. The van der Waals surface area contributed by atoms with Gasteiger partial charge >= 0.3 is 0 Å². The Bertz CT molecular complexity index is 422. The highest BCUT2D eigenvalue weighted by atomic mass is 16.5. The van der Waals surface area contributed by atoms with E-state index in [0.29, 0.717) is 6.61 Å². The van der Waals surface area contributed by atoms with Crippen LogP contribution >= 0.6 is 0 Å². The molecule has 4 nitrogen and oxygen atoms in total. The lowest BCUT2D eigenvalue weighted by Gasteiger charge is -1.91. The number of ether oxygens (including phenoxy) is 1. The summed E-state index contributed by atoms with van der Waals surface area (Å²) in [6, 6.07) is 1.96. The van der Waals surface area contributed by atoms with Crippen LogP contribution in [0.5, 0.6) is 0 Å². The number of hydrogen-bond donors (Lipinski definition) is 1. The molecule has 13 heavy (non-hydrogen) atoms. The van der Waals surface area contributed by atoms with Crippen molar-refractivity contribution in [2.75, 3.05) is 7.11 Å². The van der Waals surface area contributed by atoms with Gasteiger partial charge in [0.15, 0.2) is 5.65 Å². The van der Waals surface area contributed by atoms with Crippen molar-refractivity contribution in [3.63, 3.8) is 0 Å². The molecular formula is C9H11N3O. The molecule has 0 unspecified atom stereocenters. The summed E-state index contributed by atoms with van der Waals surface area (Å²) in [5.74, 6) is 0.819. The number of pyridine rings is 1. The standard InChI is InChI=1S/C9H11N3O/c1-6-3-4-10-9-8(6)11-7(12-9)5-13-2/h3-4H,5H2,1-2H3,(H,10,11,12). The second-order valence-corrected chi connectivity index (χ2v) is 2.94. The molecule has 0 aliphatic rings. The Labute approximate surface area is 76.0 Å². The highest BCUT2D eigenvalue weighted by Gasteiger charge is 2.04. The molecule has 2 heterocycles. The summed E-state index contributed by atoms with van der Waals surface area (Å²) in [6.45, 7) is 2.52. The van der Waals surface area contributed by atoms with Gasteiger partial charge in [-0.2, -0.15) is 0 Å². The second kappa shape index (κ2) is 3.14. The summed E-state index contributed by atoms with van der Waals surface area (Å²) >= 11 is 0. The van der Waals surface area contributed by atoms with E-state index in [9.17, 15) is 0 Å². The lowest BCUT2D eigenvalue weighted by atomic mass is 10.3. The van der Waals surface area contributed by atoms with Crippen LogP contribution in [0.4, 0.5) is 0 Å². The van der Waals surface area contributed by atoms with E-state index >= 15 is 0 Å². The fourth-order valence-corrected chi connectivity index (χ4v) is 1.29. The van der Waals surface area contributed by atoms with Crippen LogP contribution in [0.15, 0.2) is 12.3 Å². The molecule has 0 aromatic carbocycles. The van der Waals surface area contributed by atoms with E-state index in [1.165, 1.54) is 0 Å². The van der Waals surface area contributed by atoms with Gasteiger partial charge in [-0.15, -0.1) is 0 Å². The van der Waals surface area contributed by atoms with E-state index in [4.69, 9.17) is 4.74 Å². The van der Waals surface area contributed by atoms with Gasteiger partial charge in [0.2, 0.25) is 0 Å². The molecule has 0 spiro atoms. The number of fused-ring (bicyclic) bond motifs is 1. The topological polar surface area (TPSA) is 50.8 Å². The van der Waals surface area contributed by atoms with Crippen LogP contribution in [0.3, 0.4) is 0 Å². The van der Waals surface area contributed by atoms with Crippen LogP contribution in [0, 0.1) is 6.92 Å². The summed E-state index contributed by atoms with van der Waals surface area (Å²) in [4.78, 5) is 11.6. The van der Waals surface area contributed by atoms with Crippen molar-refractivity contribution in [1.82, 2.24) is 15.0 Å². The van der Waals surface area contributed by atoms with Crippen LogP contribution in [-0.4, -0.2) is 22.1 Å². The quantitative estimate of drug-likeness (QED) is 0.754. The first kappa shape index (κ1) is 8.19. The van der Waals surface area contributed by atoms with Gasteiger partial charge in [0.25, 0.3) is 0 Å². The van der Waals surface area contributed by atoms with Crippen LogP contribution < -0.4 is 0 Å². The largest absolute Gasteiger partial charge is 0.377 e. The molecule has 0 aliphatic heterocycles. The molecule has 0 amide bonds. The lowest BCUT2D eigenvalue weighted by molar-refractivity contribution is 0.179. The number of aromatic nitrogens is 3. The Balaban J connectivity index is 2.55. The van der Waals surface area contributed by atoms with Crippen LogP contribution in [0.1, 0.15) is 11.4 Å². The van der Waals surface area contributed by atoms with Crippen LogP contribution in [0.2, 0.25) is 0 Å². The minimum atomic E-state index is 0.496. The summed E-state index contributed by atoms with van der Waals surface area (Å²) < 4.78 is 4.98. The predicted octanol–water partition coefficient (Wildman–Crippen LogP) is 1.41. The molecule has 2 aromatic heterocycles. The van der Waals surface area contributed by atoms with Gasteiger partial charge in [-0.1, -0.05) is 0 Å². The summed E-state index contributed by atoms with van der Waals surface area (Å²) in [5, 5.41) is 0. The molecule has 4 heteroatoms. The SMILES string of the molecule is COCc1nc2nccc(C)c2[nH]1. The monoisotopic (exact) mass is 177 g/mol. The first-order valence-corrected chi connectivity index (χ1v) is 4.10. The molecular weight excluding hydrogens is 166 g/mol. The smallest absolute Gasteiger partial charge is 0.178 e. The zero-order valence-corrected chi connectivity index (χ0v) is 7.66. The minimum absolute atomic E-state index is 0.496. The van der Waals surface area contributed by atoms with Gasteiger partial charge < -0.3 is 9.72 Å². The van der Waals surface area contributed by atoms with E-state index < -0.39 is 0 Å². The Kier molecular flexibility index (Phi) is 1.98. The van der Waals surface area contributed by atoms with Crippen molar-refractivity contribution in [2.45, 2.75) is 13.5 Å². The lowest BCUT2D eigenvalue weighted by Crippen LogP contribution is -1.88. The van der Waals surface area contributed by atoms with E-state index in [-0.39, 0.29) is 0 Å². The van der Waals surface area contributed by atoms with Gasteiger partial charge in [-0.05, 0) is 18.6 Å². The highest BCUT2D eigenvalue weighted by molar-refractivity contribution is 5.74. The summed E-state index contributed by atoms with van der Waals surface area (Å²) in [6.07, 6.45) is 1.76. The maximum atomic E-state index is 4.98. The highest BCUT2D eigenvalue weighted by Crippen LogP contribution is 2.12. The van der Waals surface area contributed by atoms with E-state index in [1.807, 2.05) is 13.0 Å². The zero-order valence-electron chi connectivity index (χ0n) is 7.66. The fraction of sp³-hybridized carbons (Fsp3) is 0.333. The minimum Gasteiger partial charge on any atom is -0.377 e. The molecule has 0 radical (unpaired) electrons. The molecule has 2 rings (SSSR count). The van der Waals surface area contributed by atoms with Crippen molar-refractivity contribution in [1.29, 1.82) is 0 Å². The third kappa shape index (κ3) is 1.40. The third-order valence-corrected chi connectivity index (χ3v) is 1.93. The van der Waals surface area contributed by atoms with Gasteiger partial charge in [-0.25, -0.2) is 9.97 Å². The molecule has 0 aliphatic carbocycles. The molecule has 0 fully saturated rings. The normalized spacial score (nSPS) is 10.9. The first-order valence-electron chi connectivity index (χ1n) is 4.10. The number of nitrogens with zero attached hydrogens (tertiary/aromatic N) is 2. The maximum absolute atomic E-state index is 4.98. The second-order valence-electron chi connectivity index (χ2n) is 2.94. The van der Waals surface area contributed by atoms with Gasteiger partial charge in [0, 0.05) is 13.3 Å². The Morgan fingerprint density at radius 3 is 3.08 bits per heavy atom. The molecule has 0 saturated heterocycles. The number of aromatic amines is 1.